The molecule has 1 atom stereocenters. The number of piperidine rings is 1. The van der Waals surface area contributed by atoms with E-state index >= 15 is 0 Å². The minimum absolute atomic E-state index is 0.000742. The molecule has 2 rings (SSSR count). The highest BCUT2D eigenvalue weighted by atomic mass is 79.9. The number of carbonyl (C=O) groups is 1. The molecule has 2 N–H and O–H groups in total. The summed E-state index contributed by atoms with van der Waals surface area (Å²) in [5, 5.41) is 0. The van der Waals surface area contributed by atoms with Gasteiger partial charge in [0.25, 0.3) is 0 Å². The Labute approximate surface area is 109 Å². The predicted octanol–water partition coefficient (Wildman–Crippen LogP) is 1.54. The van der Waals surface area contributed by atoms with Gasteiger partial charge in [0.1, 0.15) is 0 Å². The van der Waals surface area contributed by atoms with Gasteiger partial charge in [-0.1, -0.05) is 0 Å². The van der Waals surface area contributed by atoms with E-state index in [4.69, 9.17) is 5.73 Å². The van der Waals surface area contributed by atoms with Gasteiger partial charge in [0.15, 0.2) is 0 Å². The van der Waals surface area contributed by atoms with Gasteiger partial charge < -0.3 is 5.73 Å². The fourth-order valence-electron chi connectivity index (χ4n) is 2.16. The van der Waals surface area contributed by atoms with Crippen molar-refractivity contribution >= 4 is 21.8 Å². The topological polar surface area (TPSA) is 59.2 Å². The predicted molar refractivity (Wildman–Crippen MR) is 69.1 cm³/mol. The van der Waals surface area contributed by atoms with E-state index in [9.17, 15) is 4.79 Å². The Morgan fingerprint density at radius 3 is 3.06 bits per heavy atom. The summed E-state index contributed by atoms with van der Waals surface area (Å²) in [6, 6.07) is 3.98. The zero-order valence-electron chi connectivity index (χ0n) is 9.60. The molecule has 1 fully saturated rings. The highest BCUT2D eigenvalue weighted by Crippen LogP contribution is 2.18. The third kappa shape index (κ3) is 3.51. The Morgan fingerprint density at radius 2 is 2.41 bits per heavy atom. The van der Waals surface area contributed by atoms with Crippen LogP contribution in [0.5, 0.6) is 0 Å². The van der Waals surface area contributed by atoms with Crippen LogP contribution in [0.15, 0.2) is 22.8 Å². The van der Waals surface area contributed by atoms with Crippen LogP contribution in [0.3, 0.4) is 0 Å². The van der Waals surface area contributed by atoms with E-state index in [0.29, 0.717) is 0 Å². The van der Waals surface area contributed by atoms with Crippen LogP contribution in [0.2, 0.25) is 0 Å². The number of pyridine rings is 1. The standard InChI is InChI=1S/C12H16BrN3O/c13-10-3-4-11(15-6-10)8-16-5-1-2-9(7-16)12(14)17/h3-4,6,9H,1-2,5,7-8H2,(H2,14,17). The van der Waals surface area contributed by atoms with Crippen LogP contribution in [0.1, 0.15) is 18.5 Å². The Hall–Kier alpha value is -0.940. The maximum Gasteiger partial charge on any atom is 0.221 e. The van der Waals surface area contributed by atoms with E-state index in [1.54, 1.807) is 6.20 Å². The number of hydrogen-bond donors (Lipinski definition) is 1. The van der Waals surface area contributed by atoms with Crippen LogP contribution in [0.25, 0.3) is 0 Å². The van der Waals surface area contributed by atoms with Crippen molar-refractivity contribution in [3.63, 3.8) is 0 Å². The lowest BCUT2D eigenvalue weighted by Gasteiger charge is -2.30. The summed E-state index contributed by atoms with van der Waals surface area (Å²) >= 11 is 3.36. The average Bonchev–Trinajstić information content (AvgIpc) is 2.32. The average molecular weight is 298 g/mol. The van der Waals surface area contributed by atoms with Crippen LogP contribution in [0.4, 0.5) is 0 Å². The highest BCUT2D eigenvalue weighted by molar-refractivity contribution is 9.10. The molecule has 0 aromatic carbocycles. The van der Waals surface area contributed by atoms with E-state index in [2.05, 4.69) is 25.8 Å². The first-order chi connectivity index (χ1) is 8.15. The number of amides is 1. The third-order valence-corrected chi connectivity index (χ3v) is 3.55. The number of primary amides is 1. The second-order valence-corrected chi connectivity index (χ2v) is 5.36. The summed E-state index contributed by atoms with van der Waals surface area (Å²) < 4.78 is 0.981. The minimum atomic E-state index is -0.182. The second-order valence-electron chi connectivity index (χ2n) is 4.44. The van der Waals surface area contributed by atoms with Crippen molar-refractivity contribution < 1.29 is 4.79 Å². The Bertz CT molecular complexity index is 393. The van der Waals surface area contributed by atoms with Crippen molar-refractivity contribution in [2.24, 2.45) is 11.7 Å². The van der Waals surface area contributed by atoms with Gasteiger partial charge in [-0.15, -0.1) is 0 Å². The lowest BCUT2D eigenvalue weighted by Crippen LogP contribution is -2.40. The van der Waals surface area contributed by atoms with Gasteiger partial charge in [-0.3, -0.25) is 14.7 Å². The molecule has 0 aliphatic carbocycles. The molecule has 1 aliphatic heterocycles. The quantitative estimate of drug-likeness (QED) is 0.921. The molecule has 17 heavy (non-hydrogen) atoms. The molecule has 1 aromatic rings. The van der Waals surface area contributed by atoms with Crippen LogP contribution >= 0.6 is 15.9 Å². The zero-order chi connectivity index (χ0) is 12.3. The molecule has 0 spiro atoms. The molecule has 4 nitrogen and oxygen atoms in total. The molecular weight excluding hydrogens is 282 g/mol. The first-order valence-corrected chi connectivity index (χ1v) is 6.56. The van der Waals surface area contributed by atoms with Crippen molar-refractivity contribution in [1.82, 2.24) is 9.88 Å². The molecule has 0 radical (unpaired) electrons. The zero-order valence-corrected chi connectivity index (χ0v) is 11.2. The number of nitrogens with zero attached hydrogens (tertiary/aromatic N) is 2. The molecule has 1 amide bonds. The first kappa shape index (κ1) is 12.5. The Morgan fingerprint density at radius 1 is 1.59 bits per heavy atom. The van der Waals surface area contributed by atoms with Crippen molar-refractivity contribution in [3.05, 3.63) is 28.5 Å². The van der Waals surface area contributed by atoms with Crippen molar-refractivity contribution in [2.45, 2.75) is 19.4 Å². The van der Waals surface area contributed by atoms with Crippen LogP contribution in [-0.4, -0.2) is 28.9 Å². The number of carbonyl (C=O) groups excluding carboxylic acids is 1. The fourth-order valence-corrected chi connectivity index (χ4v) is 2.39. The molecule has 2 heterocycles. The van der Waals surface area contributed by atoms with Gasteiger partial charge in [0, 0.05) is 23.8 Å². The largest absolute Gasteiger partial charge is 0.369 e. The smallest absolute Gasteiger partial charge is 0.221 e. The van der Waals surface area contributed by atoms with Gasteiger partial charge in [-0.05, 0) is 47.4 Å². The number of hydrogen-bond acceptors (Lipinski definition) is 3. The molecule has 1 aromatic heterocycles. The number of rotatable bonds is 3. The first-order valence-electron chi connectivity index (χ1n) is 5.77. The summed E-state index contributed by atoms with van der Waals surface area (Å²) in [5.74, 6) is -0.183. The highest BCUT2D eigenvalue weighted by Gasteiger charge is 2.23. The van der Waals surface area contributed by atoms with Gasteiger partial charge in [-0.25, -0.2) is 0 Å². The van der Waals surface area contributed by atoms with E-state index in [1.807, 2.05) is 12.1 Å². The number of aromatic nitrogens is 1. The SMILES string of the molecule is NC(=O)C1CCCN(Cc2ccc(Br)cn2)C1. The summed E-state index contributed by atoms with van der Waals surface area (Å²) in [5.41, 5.74) is 6.38. The summed E-state index contributed by atoms with van der Waals surface area (Å²) in [4.78, 5) is 17.8. The maximum atomic E-state index is 11.2. The molecule has 0 saturated carbocycles. The van der Waals surface area contributed by atoms with E-state index in [1.165, 1.54) is 0 Å². The summed E-state index contributed by atoms with van der Waals surface area (Å²) in [7, 11) is 0. The van der Waals surface area contributed by atoms with Crippen LogP contribution in [0, 0.1) is 5.92 Å². The monoisotopic (exact) mass is 297 g/mol. The molecule has 1 aliphatic rings. The fraction of sp³-hybridized carbons (Fsp3) is 0.500. The molecular formula is C12H16BrN3O. The minimum Gasteiger partial charge on any atom is -0.369 e. The second kappa shape index (κ2) is 5.60. The molecule has 1 unspecified atom stereocenters. The van der Waals surface area contributed by atoms with Gasteiger partial charge >= 0.3 is 0 Å². The Balaban J connectivity index is 1.94. The van der Waals surface area contributed by atoms with Gasteiger partial charge in [-0.2, -0.15) is 0 Å². The normalized spacial score (nSPS) is 21.4. The summed E-state index contributed by atoms with van der Waals surface area (Å²) in [6.07, 6.45) is 3.74. The van der Waals surface area contributed by atoms with E-state index in [-0.39, 0.29) is 11.8 Å². The molecule has 5 heteroatoms. The summed E-state index contributed by atoms with van der Waals surface area (Å²) in [6.45, 7) is 2.56. The lowest BCUT2D eigenvalue weighted by molar-refractivity contribution is -0.123. The van der Waals surface area contributed by atoms with Crippen LogP contribution in [-0.2, 0) is 11.3 Å². The Kier molecular flexibility index (Phi) is 4.12. The van der Waals surface area contributed by atoms with Gasteiger partial charge in [0.2, 0.25) is 5.91 Å². The molecule has 92 valence electrons. The molecule has 0 bridgehead atoms. The molecule has 1 saturated heterocycles. The maximum absolute atomic E-state index is 11.2. The number of halogens is 1. The van der Waals surface area contributed by atoms with E-state index < -0.39 is 0 Å². The van der Waals surface area contributed by atoms with E-state index in [0.717, 1.165) is 42.6 Å². The van der Waals surface area contributed by atoms with Crippen molar-refractivity contribution in [2.75, 3.05) is 13.1 Å². The third-order valence-electron chi connectivity index (χ3n) is 3.08. The number of likely N-dealkylation sites (tertiary alicyclic amines) is 1. The van der Waals surface area contributed by atoms with Crippen LogP contribution < -0.4 is 5.73 Å². The lowest BCUT2D eigenvalue weighted by atomic mass is 9.97. The number of nitrogens with two attached hydrogens (primary N) is 1. The van der Waals surface area contributed by atoms with Crippen molar-refractivity contribution in [1.29, 1.82) is 0 Å². The van der Waals surface area contributed by atoms with Gasteiger partial charge in [0.05, 0.1) is 11.6 Å². The van der Waals surface area contributed by atoms with Crippen molar-refractivity contribution in [3.8, 4) is 0 Å².